The Kier molecular flexibility index (Phi) is 8.80. The van der Waals surface area contributed by atoms with Crippen LogP contribution in [-0.4, -0.2) is 42.0 Å². The average molecular weight is 246 g/mol. The van der Waals surface area contributed by atoms with Crippen LogP contribution < -0.4 is 10.6 Å². The first kappa shape index (κ1) is 16.2. The Morgan fingerprint density at radius 2 is 1.88 bits per heavy atom. The highest BCUT2D eigenvalue weighted by Crippen LogP contribution is 2.14. The number of aliphatic hydroxyl groups excluding tert-OH is 2. The van der Waals surface area contributed by atoms with Crippen LogP contribution in [0.4, 0.5) is 4.79 Å². The van der Waals surface area contributed by atoms with Gasteiger partial charge < -0.3 is 20.8 Å². The van der Waals surface area contributed by atoms with Crippen molar-refractivity contribution in [3.05, 3.63) is 0 Å². The van der Waals surface area contributed by atoms with Crippen LogP contribution in [0.2, 0.25) is 0 Å². The van der Waals surface area contributed by atoms with E-state index in [1.54, 1.807) is 6.92 Å². The SMILES string of the molecule is CC(C)CC(CCO)CNC(=O)NC(C)CO. The van der Waals surface area contributed by atoms with Gasteiger partial charge in [-0.25, -0.2) is 4.79 Å². The maximum atomic E-state index is 11.4. The van der Waals surface area contributed by atoms with E-state index in [-0.39, 0.29) is 25.3 Å². The predicted octanol–water partition coefficient (Wildman–Crippen LogP) is 0.711. The molecule has 17 heavy (non-hydrogen) atoms. The van der Waals surface area contributed by atoms with Gasteiger partial charge in [0.25, 0.3) is 0 Å². The molecule has 2 amide bonds. The summed E-state index contributed by atoms with van der Waals surface area (Å²) in [5, 5.41) is 23.1. The molecule has 0 saturated heterocycles. The van der Waals surface area contributed by atoms with E-state index in [9.17, 15) is 4.79 Å². The second kappa shape index (κ2) is 9.24. The van der Waals surface area contributed by atoms with Crippen molar-refractivity contribution >= 4 is 6.03 Å². The third kappa shape index (κ3) is 8.94. The summed E-state index contributed by atoms with van der Waals surface area (Å²) in [5.41, 5.74) is 0. The predicted molar refractivity (Wildman–Crippen MR) is 67.7 cm³/mol. The minimum atomic E-state index is -0.266. The summed E-state index contributed by atoms with van der Waals surface area (Å²) >= 11 is 0. The Hall–Kier alpha value is -0.810. The van der Waals surface area contributed by atoms with E-state index in [0.717, 1.165) is 6.42 Å². The molecule has 0 aliphatic rings. The first-order valence-electron chi connectivity index (χ1n) is 6.25. The van der Waals surface area contributed by atoms with Crippen LogP contribution in [0.15, 0.2) is 0 Å². The minimum absolute atomic E-state index is 0.0700. The quantitative estimate of drug-likeness (QED) is 0.509. The molecule has 0 aliphatic heterocycles. The van der Waals surface area contributed by atoms with Gasteiger partial charge >= 0.3 is 6.03 Å². The summed E-state index contributed by atoms with van der Waals surface area (Å²) in [7, 11) is 0. The Labute approximate surface area is 104 Å². The molecule has 0 fully saturated rings. The zero-order valence-corrected chi connectivity index (χ0v) is 11.1. The molecule has 5 nitrogen and oxygen atoms in total. The highest BCUT2D eigenvalue weighted by molar-refractivity contribution is 5.74. The van der Waals surface area contributed by atoms with E-state index < -0.39 is 0 Å². The van der Waals surface area contributed by atoms with Gasteiger partial charge in [0.15, 0.2) is 0 Å². The van der Waals surface area contributed by atoms with Crippen molar-refractivity contribution < 1.29 is 15.0 Å². The highest BCUT2D eigenvalue weighted by atomic mass is 16.3. The average Bonchev–Trinajstić information content (AvgIpc) is 2.25. The molecule has 0 aromatic rings. The Balaban J connectivity index is 3.90. The van der Waals surface area contributed by atoms with E-state index >= 15 is 0 Å². The number of hydrogen-bond donors (Lipinski definition) is 4. The van der Waals surface area contributed by atoms with Crippen molar-refractivity contribution in [1.29, 1.82) is 0 Å². The maximum absolute atomic E-state index is 11.4. The van der Waals surface area contributed by atoms with Gasteiger partial charge in [-0.15, -0.1) is 0 Å². The van der Waals surface area contributed by atoms with E-state index in [1.807, 2.05) is 0 Å². The number of nitrogens with one attached hydrogen (secondary N) is 2. The van der Waals surface area contributed by atoms with Crippen LogP contribution in [0.25, 0.3) is 0 Å². The zero-order valence-electron chi connectivity index (χ0n) is 11.1. The fourth-order valence-corrected chi connectivity index (χ4v) is 1.71. The highest BCUT2D eigenvalue weighted by Gasteiger charge is 2.12. The van der Waals surface area contributed by atoms with Crippen molar-refractivity contribution in [2.75, 3.05) is 19.8 Å². The molecule has 5 heteroatoms. The zero-order chi connectivity index (χ0) is 13.3. The largest absolute Gasteiger partial charge is 0.396 e. The van der Waals surface area contributed by atoms with Crippen molar-refractivity contribution in [1.82, 2.24) is 10.6 Å². The van der Waals surface area contributed by atoms with E-state index in [4.69, 9.17) is 10.2 Å². The van der Waals surface area contributed by atoms with Gasteiger partial charge in [0.2, 0.25) is 0 Å². The van der Waals surface area contributed by atoms with Crippen LogP contribution in [0.1, 0.15) is 33.6 Å². The monoisotopic (exact) mass is 246 g/mol. The lowest BCUT2D eigenvalue weighted by atomic mass is 9.94. The van der Waals surface area contributed by atoms with Crippen LogP contribution in [0, 0.1) is 11.8 Å². The fraction of sp³-hybridized carbons (Fsp3) is 0.917. The summed E-state index contributed by atoms with van der Waals surface area (Å²) in [6, 6.07) is -0.505. The van der Waals surface area contributed by atoms with E-state index in [0.29, 0.717) is 24.8 Å². The summed E-state index contributed by atoms with van der Waals surface area (Å²) in [6.07, 6.45) is 1.68. The van der Waals surface area contributed by atoms with Crippen LogP contribution in [0.3, 0.4) is 0 Å². The van der Waals surface area contributed by atoms with Crippen LogP contribution >= 0.6 is 0 Å². The Morgan fingerprint density at radius 1 is 1.24 bits per heavy atom. The normalized spacial score (nSPS) is 14.5. The first-order valence-corrected chi connectivity index (χ1v) is 6.25. The number of carbonyl (C=O) groups is 1. The summed E-state index contributed by atoms with van der Waals surface area (Å²) in [6.45, 7) is 6.62. The van der Waals surface area contributed by atoms with Crippen molar-refractivity contribution in [3.63, 3.8) is 0 Å². The maximum Gasteiger partial charge on any atom is 0.315 e. The molecule has 0 spiro atoms. The second-order valence-corrected chi connectivity index (χ2v) is 4.95. The fourth-order valence-electron chi connectivity index (χ4n) is 1.71. The lowest BCUT2D eigenvalue weighted by Gasteiger charge is -2.19. The Morgan fingerprint density at radius 3 is 2.35 bits per heavy atom. The molecular weight excluding hydrogens is 220 g/mol. The van der Waals surface area contributed by atoms with Gasteiger partial charge in [-0.05, 0) is 31.6 Å². The van der Waals surface area contributed by atoms with Crippen molar-refractivity contribution in [3.8, 4) is 0 Å². The van der Waals surface area contributed by atoms with Gasteiger partial charge in [0.1, 0.15) is 0 Å². The third-order valence-electron chi connectivity index (χ3n) is 2.54. The molecule has 0 rings (SSSR count). The molecule has 0 saturated carbocycles. The molecule has 0 radical (unpaired) electrons. The molecule has 0 bridgehead atoms. The second-order valence-electron chi connectivity index (χ2n) is 4.95. The molecule has 2 atom stereocenters. The van der Waals surface area contributed by atoms with Gasteiger partial charge in [-0.1, -0.05) is 13.8 Å². The molecular formula is C12H26N2O3. The number of rotatable bonds is 8. The van der Waals surface area contributed by atoms with Gasteiger partial charge in [0.05, 0.1) is 12.6 Å². The number of urea groups is 1. The molecule has 4 N–H and O–H groups in total. The summed E-state index contributed by atoms with van der Waals surface area (Å²) < 4.78 is 0. The van der Waals surface area contributed by atoms with Crippen LogP contribution in [-0.2, 0) is 0 Å². The third-order valence-corrected chi connectivity index (χ3v) is 2.54. The first-order chi connectivity index (χ1) is 7.99. The molecule has 102 valence electrons. The van der Waals surface area contributed by atoms with Crippen LogP contribution in [0.5, 0.6) is 0 Å². The minimum Gasteiger partial charge on any atom is -0.396 e. The lowest BCUT2D eigenvalue weighted by Crippen LogP contribution is -2.44. The topological polar surface area (TPSA) is 81.6 Å². The van der Waals surface area contributed by atoms with E-state index in [2.05, 4.69) is 24.5 Å². The number of amides is 2. The smallest absolute Gasteiger partial charge is 0.315 e. The molecule has 0 aromatic carbocycles. The van der Waals surface area contributed by atoms with Gasteiger partial charge in [-0.3, -0.25) is 0 Å². The Bertz CT molecular complexity index is 210. The standard InChI is InChI=1S/C12H26N2O3/c1-9(2)6-11(4-5-15)7-13-12(17)14-10(3)8-16/h9-11,15-16H,4-8H2,1-3H3,(H2,13,14,17). The van der Waals surface area contributed by atoms with E-state index in [1.165, 1.54) is 0 Å². The molecule has 0 aliphatic carbocycles. The molecule has 0 heterocycles. The summed E-state index contributed by atoms with van der Waals surface area (Å²) in [4.78, 5) is 11.4. The number of carbonyl (C=O) groups excluding carboxylic acids is 1. The van der Waals surface area contributed by atoms with Crippen molar-refractivity contribution in [2.45, 2.75) is 39.7 Å². The molecule has 2 unspecified atom stereocenters. The number of aliphatic hydroxyl groups is 2. The number of hydrogen-bond acceptors (Lipinski definition) is 3. The van der Waals surface area contributed by atoms with Gasteiger partial charge in [0, 0.05) is 13.2 Å². The molecule has 0 aromatic heterocycles. The van der Waals surface area contributed by atoms with Gasteiger partial charge in [-0.2, -0.15) is 0 Å². The lowest BCUT2D eigenvalue weighted by molar-refractivity contribution is 0.212. The van der Waals surface area contributed by atoms with Crippen molar-refractivity contribution in [2.24, 2.45) is 11.8 Å². The summed E-state index contributed by atoms with van der Waals surface area (Å²) in [5.74, 6) is 0.850.